The number of ether oxygens (including phenoxy) is 1. The van der Waals surface area contributed by atoms with Crippen molar-refractivity contribution in [3.8, 4) is 5.69 Å². The number of thiophene rings is 1. The molecule has 156 valence electrons. The molecular weight excluding hydrogens is 446 g/mol. The van der Waals surface area contributed by atoms with E-state index in [1.807, 2.05) is 6.07 Å². The zero-order valence-electron chi connectivity index (χ0n) is 16.1. The Morgan fingerprint density at radius 3 is 2.97 bits per heavy atom. The number of tetrazole rings is 1. The Kier molecular flexibility index (Phi) is 6.35. The second-order valence-corrected chi connectivity index (χ2v) is 9.08. The number of thioether (sulfide) groups is 1. The highest BCUT2D eigenvalue weighted by Gasteiger charge is 2.27. The maximum atomic E-state index is 12.6. The molecule has 0 unspecified atom stereocenters. The van der Waals surface area contributed by atoms with Crippen LogP contribution in [0.4, 0.5) is 5.00 Å². The predicted octanol–water partition coefficient (Wildman–Crippen LogP) is 3.77. The monoisotopic (exact) mass is 463 g/mol. The molecule has 1 amide bonds. The molecule has 0 fully saturated rings. The number of hydrogen-bond acceptors (Lipinski definition) is 8. The molecule has 1 aliphatic rings. The summed E-state index contributed by atoms with van der Waals surface area (Å²) < 4.78 is 6.47. The van der Waals surface area contributed by atoms with Crippen LogP contribution in [0.5, 0.6) is 0 Å². The largest absolute Gasteiger partial charge is 0.465 e. The van der Waals surface area contributed by atoms with Crippen molar-refractivity contribution < 1.29 is 14.3 Å². The van der Waals surface area contributed by atoms with Gasteiger partial charge in [-0.3, -0.25) is 4.79 Å². The normalized spacial score (nSPS) is 13.0. The van der Waals surface area contributed by atoms with Gasteiger partial charge in [0.15, 0.2) is 0 Å². The molecule has 0 spiro atoms. The van der Waals surface area contributed by atoms with Crippen molar-refractivity contribution in [1.29, 1.82) is 0 Å². The summed E-state index contributed by atoms with van der Waals surface area (Å²) in [5, 5.41) is 16.1. The summed E-state index contributed by atoms with van der Waals surface area (Å²) in [7, 11) is 1.35. The highest BCUT2D eigenvalue weighted by atomic mass is 35.5. The van der Waals surface area contributed by atoms with Gasteiger partial charge in [0.2, 0.25) is 11.1 Å². The van der Waals surface area contributed by atoms with Crippen molar-refractivity contribution in [1.82, 2.24) is 20.2 Å². The summed E-state index contributed by atoms with van der Waals surface area (Å²) >= 11 is 8.69. The number of aromatic nitrogens is 4. The second kappa shape index (κ2) is 9.15. The lowest BCUT2D eigenvalue weighted by Gasteiger charge is -2.11. The lowest BCUT2D eigenvalue weighted by atomic mass is 9.95. The summed E-state index contributed by atoms with van der Waals surface area (Å²) in [5.41, 5.74) is 2.19. The van der Waals surface area contributed by atoms with E-state index in [0.717, 1.165) is 36.1 Å². The average molecular weight is 464 g/mol. The number of amides is 1. The number of benzene rings is 1. The van der Waals surface area contributed by atoms with Gasteiger partial charge in [-0.05, 0) is 59.9 Å². The Balaban J connectivity index is 1.48. The zero-order chi connectivity index (χ0) is 21.1. The molecule has 0 bridgehead atoms. The third kappa shape index (κ3) is 4.35. The van der Waals surface area contributed by atoms with Crippen LogP contribution < -0.4 is 5.32 Å². The number of carbonyl (C=O) groups excluding carboxylic acids is 2. The number of nitrogens with zero attached hydrogens (tertiary/aromatic N) is 4. The number of methoxy groups -OCH3 is 1. The summed E-state index contributed by atoms with van der Waals surface area (Å²) in [4.78, 5) is 26.1. The molecule has 11 heteroatoms. The predicted molar refractivity (Wildman–Crippen MR) is 116 cm³/mol. The summed E-state index contributed by atoms with van der Waals surface area (Å²) in [6.07, 6.45) is 3.87. The fraction of sp³-hybridized carbons (Fsp3) is 0.316. The molecule has 0 saturated carbocycles. The molecule has 1 aromatic carbocycles. The van der Waals surface area contributed by atoms with Crippen LogP contribution in [0.15, 0.2) is 29.4 Å². The Morgan fingerprint density at radius 2 is 2.17 bits per heavy atom. The van der Waals surface area contributed by atoms with Crippen LogP contribution in [0.1, 0.15) is 33.6 Å². The summed E-state index contributed by atoms with van der Waals surface area (Å²) in [6, 6.07) is 7.12. The van der Waals surface area contributed by atoms with E-state index >= 15 is 0 Å². The number of esters is 1. The van der Waals surface area contributed by atoms with Crippen LogP contribution >= 0.6 is 34.7 Å². The first-order chi connectivity index (χ1) is 14.6. The van der Waals surface area contributed by atoms with E-state index in [4.69, 9.17) is 16.3 Å². The fourth-order valence-electron chi connectivity index (χ4n) is 3.30. The number of carbonyl (C=O) groups is 2. The van der Waals surface area contributed by atoms with Gasteiger partial charge in [0.25, 0.3) is 0 Å². The molecule has 0 atom stereocenters. The Bertz CT molecular complexity index is 1100. The molecular formula is C19H18ClN5O3S2. The standard InChI is InChI=1S/C19H18ClN5O3S2/c1-28-18(27)16-13-7-2-3-8-14(13)30-17(16)21-15(26)10-29-19-22-23-24-25(19)12-6-4-5-11(20)9-12/h4-6,9H,2-3,7-8,10H2,1H3,(H,21,26). The van der Waals surface area contributed by atoms with Gasteiger partial charge in [-0.1, -0.05) is 29.4 Å². The number of aryl methyl sites for hydroxylation is 1. The summed E-state index contributed by atoms with van der Waals surface area (Å²) in [5.74, 6) is -0.573. The highest BCUT2D eigenvalue weighted by molar-refractivity contribution is 7.99. The van der Waals surface area contributed by atoms with Gasteiger partial charge in [-0.2, -0.15) is 4.68 Å². The van der Waals surface area contributed by atoms with Crippen molar-refractivity contribution in [2.24, 2.45) is 0 Å². The van der Waals surface area contributed by atoms with Crippen LogP contribution in [-0.2, 0) is 22.4 Å². The number of nitrogens with one attached hydrogen (secondary N) is 1. The van der Waals surface area contributed by atoms with Gasteiger partial charge in [-0.25, -0.2) is 4.79 Å². The minimum absolute atomic E-state index is 0.0874. The van der Waals surface area contributed by atoms with E-state index in [2.05, 4.69) is 20.8 Å². The number of hydrogen-bond donors (Lipinski definition) is 1. The third-order valence-electron chi connectivity index (χ3n) is 4.64. The molecule has 0 radical (unpaired) electrons. The first-order valence-electron chi connectivity index (χ1n) is 9.26. The Labute approximate surface area is 185 Å². The number of fused-ring (bicyclic) bond motifs is 1. The SMILES string of the molecule is COC(=O)c1c(NC(=O)CSc2nnnn2-c2cccc(Cl)c2)sc2c1CCCC2. The van der Waals surface area contributed by atoms with E-state index in [1.165, 1.54) is 34.9 Å². The molecule has 1 N–H and O–H groups in total. The van der Waals surface area contributed by atoms with Crippen molar-refractivity contribution in [2.75, 3.05) is 18.2 Å². The number of rotatable bonds is 6. The minimum Gasteiger partial charge on any atom is -0.465 e. The van der Waals surface area contributed by atoms with Gasteiger partial charge in [0.05, 0.1) is 24.1 Å². The van der Waals surface area contributed by atoms with E-state index < -0.39 is 5.97 Å². The first-order valence-corrected chi connectivity index (χ1v) is 11.4. The molecule has 4 rings (SSSR count). The third-order valence-corrected chi connectivity index (χ3v) is 7.00. The lowest BCUT2D eigenvalue weighted by Crippen LogP contribution is -2.17. The molecule has 2 aromatic heterocycles. The minimum atomic E-state index is -0.415. The maximum Gasteiger partial charge on any atom is 0.341 e. The number of anilines is 1. The molecule has 0 saturated heterocycles. The second-order valence-electron chi connectivity index (χ2n) is 6.60. The smallest absolute Gasteiger partial charge is 0.341 e. The Morgan fingerprint density at radius 1 is 1.33 bits per heavy atom. The molecule has 1 aliphatic carbocycles. The Hall–Kier alpha value is -2.43. The zero-order valence-corrected chi connectivity index (χ0v) is 18.4. The average Bonchev–Trinajstić information content (AvgIpc) is 3.36. The highest BCUT2D eigenvalue weighted by Crippen LogP contribution is 2.38. The van der Waals surface area contributed by atoms with Gasteiger partial charge >= 0.3 is 5.97 Å². The molecule has 0 aliphatic heterocycles. The van der Waals surface area contributed by atoms with Crippen LogP contribution in [0, 0.1) is 0 Å². The van der Waals surface area contributed by atoms with Gasteiger partial charge in [-0.15, -0.1) is 16.4 Å². The molecule has 3 aromatic rings. The van der Waals surface area contributed by atoms with Crippen LogP contribution in [0.3, 0.4) is 0 Å². The van der Waals surface area contributed by atoms with Crippen molar-refractivity contribution in [3.05, 3.63) is 45.3 Å². The fourth-order valence-corrected chi connectivity index (χ4v) is 5.47. The van der Waals surface area contributed by atoms with Crippen LogP contribution in [-0.4, -0.2) is 44.9 Å². The van der Waals surface area contributed by atoms with Crippen molar-refractivity contribution in [2.45, 2.75) is 30.8 Å². The summed E-state index contributed by atoms with van der Waals surface area (Å²) in [6.45, 7) is 0. The van der Waals surface area contributed by atoms with Crippen molar-refractivity contribution >= 4 is 51.6 Å². The van der Waals surface area contributed by atoms with E-state index in [-0.39, 0.29) is 11.7 Å². The van der Waals surface area contributed by atoms with E-state index in [0.29, 0.717) is 26.4 Å². The van der Waals surface area contributed by atoms with Gasteiger partial charge < -0.3 is 10.1 Å². The van der Waals surface area contributed by atoms with Gasteiger partial charge in [0.1, 0.15) is 5.00 Å². The first kappa shape index (κ1) is 20.8. The molecule has 30 heavy (non-hydrogen) atoms. The maximum absolute atomic E-state index is 12.6. The van der Waals surface area contributed by atoms with Crippen LogP contribution in [0.2, 0.25) is 5.02 Å². The van der Waals surface area contributed by atoms with E-state index in [9.17, 15) is 9.59 Å². The van der Waals surface area contributed by atoms with Crippen molar-refractivity contribution in [3.63, 3.8) is 0 Å². The van der Waals surface area contributed by atoms with Crippen LogP contribution in [0.25, 0.3) is 5.69 Å². The topological polar surface area (TPSA) is 99.0 Å². The lowest BCUT2D eigenvalue weighted by molar-refractivity contribution is -0.113. The molecule has 8 nitrogen and oxygen atoms in total. The molecule has 2 heterocycles. The van der Waals surface area contributed by atoms with E-state index in [1.54, 1.807) is 18.2 Å². The quantitative estimate of drug-likeness (QED) is 0.438. The number of halogens is 1. The van der Waals surface area contributed by atoms with Gasteiger partial charge in [0, 0.05) is 9.90 Å².